The lowest BCUT2D eigenvalue weighted by atomic mass is 9.99. The molecule has 5 heterocycles. The molecule has 0 bridgehead atoms. The van der Waals surface area contributed by atoms with Gasteiger partial charge in [-0.05, 0) is 30.9 Å². The minimum absolute atomic E-state index is 0.120. The molecule has 11 heteroatoms. The van der Waals surface area contributed by atoms with Crippen molar-refractivity contribution in [1.29, 1.82) is 5.26 Å². The van der Waals surface area contributed by atoms with Gasteiger partial charge in [-0.2, -0.15) is 5.26 Å². The highest BCUT2D eigenvalue weighted by Crippen LogP contribution is 2.37. The predicted molar refractivity (Wildman–Crippen MR) is 129 cm³/mol. The summed E-state index contributed by atoms with van der Waals surface area (Å²) in [4.78, 5) is 45.3. The van der Waals surface area contributed by atoms with Crippen molar-refractivity contribution >= 4 is 44.5 Å². The number of amides is 2. The van der Waals surface area contributed by atoms with Crippen molar-refractivity contribution in [3.63, 3.8) is 0 Å². The zero-order valence-corrected chi connectivity index (χ0v) is 19.6. The van der Waals surface area contributed by atoms with Crippen molar-refractivity contribution in [1.82, 2.24) is 30.2 Å². The highest BCUT2D eigenvalue weighted by Gasteiger charge is 2.43. The van der Waals surface area contributed by atoms with Gasteiger partial charge >= 0.3 is 0 Å². The quantitative estimate of drug-likeness (QED) is 0.427. The van der Waals surface area contributed by atoms with E-state index in [9.17, 15) is 9.59 Å². The molecule has 2 aliphatic rings. The number of hydrogen-bond donors (Lipinski definition) is 2. The molecule has 176 valence electrons. The second kappa shape index (κ2) is 8.32. The van der Waals surface area contributed by atoms with Crippen molar-refractivity contribution in [2.24, 2.45) is 11.8 Å². The summed E-state index contributed by atoms with van der Waals surface area (Å²) in [5.41, 5.74) is 2.68. The summed E-state index contributed by atoms with van der Waals surface area (Å²) in [6.07, 6.45) is 6.72. The molecule has 0 radical (unpaired) electrons. The highest BCUT2D eigenvalue weighted by atomic mass is 32.1. The maximum Gasteiger partial charge on any atom is 0.255 e. The van der Waals surface area contributed by atoms with Crippen molar-refractivity contribution in [2.45, 2.75) is 18.9 Å². The molecule has 4 aromatic heterocycles. The molecule has 4 aromatic rings. The van der Waals surface area contributed by atoms with Crippen LogP contribution in [0.3, 0.4) is 0 Å². The van der Waals surface area contributed by atoms with E-state index in [1.54, 1.807) is 30.6 Å². The Morgan fingerprint density at radius 1 is 1.34 bits per heavy atom. The number of ether oxygens (including phenoxy) is 1. The van der Waals surface area contributed by atoms with Gasteiger partial charge in [-0.15, -0.1) is 11.3 Å². The Labute approximate surface area is 204 Å². The third-order valence-electron chi connectivity index (χ3n) is 6.50. The molecular weight excluding hydrogens is 466 g/mol. The molecule has 0 aromatic carbocycles. The Kier molecular flexibility index (Phi) is 5.11. The number of carbonyl (C=O) groups excluding carboxylic acids is 2. The van der Waals surface area contributed by atoms with Crippen LogP contribution in [0.4, 0.5) is 0 Å². The van der Waals surface area contributed by atoms with Crippen molar-refractivity contribution in [3.05, 3.63) is 36.3 Å². The molecular formula is C24H21N7O3S. The van der Waals surface area contributed by atoms with Gasteiger partial charge in [0.05, 0.1) is 51.6 Å². The van der Waals surface area contributed by atoms with Crippen LogP contribution in [-0.2, 0) is 4.79 Å². The molecule has 1 saturated carbocycles. The van der Waals surface area contributed by atoms with Crippen LogP contribution in [0.1, 0.15) is 23.2 Å². The largest absolute Gasteiger partial charge is 0.495 e. The van der Waals surface area contributed by atoms with E-state index in [1.807, 2.05) is 12.1 Å². The van der Waals surface area contributed by atoms with Crippen LogP contribution < -0.4 is 10.1 Å². The van der Waals surface area contributed by atoms with E-state index >= 15 is 0 Å². The van der Waals surface area contributed by atoms with E-state index < -0.39 is 6.04 Å². The number of likely N-dealkylation sites (tertiary alicyclic amines) is 1. The molecule has 1 aliphatic carbocycles. The first-order valence-corrected chi connectivity index (χ1v) is 12.1. The smallest absolute Gasteiger partial charge is 0.255 e. The summed E-state index contributed by atoms with van der Waals surface area (Å²) in [6, 6.07) is 5.32. The number of nitrogens with zero attached hydrogens (tertiary/aromatic N) is 5. The fraction of sp³-hybridized carbons (Fsp3) is 0.333. The zero-order valence-electron chi connectivity index (χ0n) is 18.8. The van der Waals surface area contributed by atoms with Crippen LogP contribution in [0.15, 0.2) is 30.7 Å². The number of hydrogen-bond acceptors (Lipinski definition) is 8. The minimum Gasteiger partial charge on any atom is -0.495 e. The van der Waals surface area contributed by atoms with Gasteiger partial charge in [0, 0.05) is 25.5 Å². The number of aromatic nitrogens is 4. The summed E-state index contributed by atoms with van der Waals surface area (Å²) >= 11 is 1.49. The number of H-pyrrole nitrogens is 1. The minimum atomic E-state index is -0.593. The van der Waals surface area contributed by atoms with Gasteiger partial charge in [0.25, 0.3) is 5.91 Å². The molecule has 0 unspecified atom stereocenters. The molecule has 1 saturated heterocycles. The van der Waals surface area contributed by atoms with Crippen LogP contribution in [0, 0.1) is 23.2 Å². The first-order chi connectivity index (χ1) is 17.1. The summed E-state index contributed by atoms with van der Waals surface area (Å²) in [5, 5.41) is 11.9. The van der Waals surface area contributed by atoms with E-state index in [0.29, 0.717) is 35.5 Å². The van der Waals surface area contributed by atoms with E-state index in [0.717, 1.165) is 33.7 Å². The predicted octanol–water partition coefficient (Wildman–Crippen LogP) is 2.73. The molecule has 10 nitrogen and oxygen atoms in total. The Balaban J connectivity index is 1.28. The second-order valence-corrected chi connectivity index (χ2v) is 9.90. The molecule has 2 amide bonds. The molecule has 35 heavy (non-hydrogen) atoms. The maximum absolute atomic E-state index is 13.2. The first-order valence-electron chi connectivity index (χ1n) is 11.3. The number of aromatic amines is 1. The second-order valence-electron chi connectivity index (χ2n) is 8.85. The number of fused-ring (bicyclic) bond motifs is 2. The number of carbonyl (C=O) groups is 2. The molecule has 0 spiro atoms. The lowest BCUT2D eigenvalue weighted by Gasteiger charge is -2.37. The van der Waals surface area contributed by atoms with Crippen LogP contribution in [-0.4, -0.2) is 62.9 Å². The molecule has 1 atom stereocenters. The van der Waals surface area contributed by atoms with E-state index in [1.165, 1.54) is 11.3 Å². The third-order valence-corrected chi connectivity index (χ3v) is 7.66. The van der Waals surface area contributed by atoms with Gasteiger partial charge in [0.2, 0.25) is 5.91 Å². The summed E-state index contributed by atoms with van der Waals surface area (Å²) in [6.45, 7) is 0.844. The van der Waals surface area contributed by atoms with Gasteiger partial charge in [-0.3, -0.25) is 14.6 Å². The fourth-order valence-corrected chi connectivity index (χ4v) is 5.41. The molecule has 1 aliphatic heterocycles. The molecule has 6 rings (SSSR count). The van der Waals surface area contributed by atoms with Crippen LogP contribution in [0.2, 0.25) is 0 Å². The van der Waals surface area contributed by atoms with E-state index in [2.05, 4.69) is 26.3 Å². The van der Waals surface area contributed by atoms with Gasteiger partial charge in [0.1, 0.15) is 17.3 Å². The number of methoxy groups -OCH3 is 1. The average Bonchev–Trinajstić information content (AvgIpc) is 3.43. The van der Waals surface area contributed by atoms with Crippen LogP contribution >= 0.6 is 11.3 Å². The zero-order chi connectivity index (χ0) is 24.1. The average molecular weight is 488 g/mol. The van der Waals surface area contributed by atoms with Crippen molar-refractivity contribution in [3.8, 4) is 22.4 Å². The van der Waals surface area contributed by atoms with E-state index in [-0.39, 0.29) is 23.7 Å². The monoisotopic (exact) mass is 487 g/mol. The summed E-state index contributed by atoms with van der Waals surface area (Å²) in [7, 11) is 1.62. The fourth-order valence-electron chi connectivity index (χ4n) is 4.35. The summed E-state index contributed by atoms with van der Waals surface area (Å²) < 4.78 is 6.35. The maximum atomic E-state index is 13.2. The number of pyridine rings is 1. The lowest BCUT2D eigenvalue weighted by molar-refractivity contribution is -0.138. The Bertz CT molecular complexity index is 1510. The Hall–Kier alpha value is -4.04. The number of rotatable bonds is 6. The number of nitriles is 1. The van der Waals surface area contributed by atoms with Crippen molar-refractivity contribution < 1.29 is 14.3 Å². The number of thiophene rings is 1. The first kappa shape index (κ1) is 21.5. The van der Waals surface area contributed by atoms with Crippen LogP contribution in [0.25, 0.3) is 32.0 Å². The number of nitrogens with one attached hydrogen (secondary N) is 2. The van der Waals surface area contributed by atoms with Crippen molar-refractivity contribution in [2.75, 3.05) is 20.2 Å². The summed E-state index contributed by atoms with van der Waals surface area (Å²) in [5.74, 6) is 0.248. The SMILES string of the molecule is COc1ccnc2cc(-c3cnc4[nH]cc(C(=O)N[C@@H](C(=O)N5CC(C#N)C5)C5CC5)c4n3)sc12. The van der Waals surface area contributed by atoms with Gasteiger partial charge in [0.15, 0.2) is 5.65 Å². The van der Waals surface area contributed by atoms with Crippen LogP contribution in [0.5, 0.6) is 5.75 Å². The lowest BCUT2D eigenvalue weighted by Crippen LogP contribution is -2.57. The van der Waals surface area contributed by atoms with E-state index in [4.69, 9.17) is 15.0 Å². The Morgan fingerprint density at radius 3 is 2.91 bits per heavy atom. The topological polar surface area (TPSA) is 137 Å². The Morgan fingerprint density at radius 2 is 2.17 bits per heavy atom. The standard InChI is InChI=1S/C24H21N7O3S/c1-34-17-4-5-26-15-6-18(35-21(15)17)16-9-28-22-20(29-16)14(8-27-22)23(32)30-19(13-2-3-13)24(33)31-10-12(7-25)11-31/h4-6,8-9,12-13,19H,2-3,10-11H2,1H3,(H,27,28)(H,30,32)/t19-/m1/s1. The van der Waals surface area contributed by atoms with Gasteiger partial charge in [-0.25, -0.2) is 9.97 Å². The van der Waals surface area contributed by atoms with Gasteiger partial charge in [-0.1, -0.05) is 0 Å². The molecule has 2 fully saturated rings. The third kappa shape index (κ3) is 3.76. The molecule has 2 N–H and O–H groups in total. The van der Waals surface area contributed by atoms with Gasteiger partial charge < -0.3 is 19.9 Å². The normalized spacial score (nSPS) is 16.6. The highest BCUT2D eigenvalue weighted by molar-refractivity contribution is 7.22.